The quantitative estimate of drug-likeness (QED) is 0.317. The summed E-state index contributed by atoms with van der Waals surface area (Å²) in [6.07, 6.45) is 0. The first-order valence-electron chi connectivity index (χ1n) is 5.18. The summed E-state index contributed by atoms with van der Waals surface area (Å²) < 4.78 is 0. The van der Waals surface area contributed by atoms with Crippen molar-refractivity contribution in [3.63, 3.8) is 0 Å². The Morgan fingerprint density at radius 3 is 2.67 bits per heavy atom. The number of aromatic nitrogens is 2. The Morgan fingerprint density at radius 2 is 2.11 bits per heavy atom. The van der Waals surface area contributed by atoms with Gasteiger partial charge in [0.25, 0.3) is 5.91 Å². The minimum Gasteiger partial charge on any atom is -0.382 e. The molecule has 0 aromatic carbocycles. The number of halogens is 1. The zero-order valence-corrected chi connectivity index (χ0v) is 11.0. The number of nitrogens with two attached hydrogens (primary N) is 2. The topological polar surface area (TPSA) is 122 Å². The molecule has 0 saturated heterocycles. The van der Waals surface area contributed by atoms with Crippen LogP contribution in [0.1, 0.15) is 10.5 Å². The molecule has 0 spiro atoms. The minimum absolute atomic E-state index is 0.0327. The zero-order valence-electron chi connectivity index (χ0n) is 10.2. The Bertz CT molecular complexity index is 437. The molecule has 100 valence electrons. The molecule has 1 aromatic heterocycles. The van der Waals surface area contributed by atoms with Crippen molar-refractivity contribution >= 4 is 29.1 Å². The number of carbonyl (C=O) groups is 1. The summed E-state index contributed by atoms with van der Waals surface area (Å²) in [6.45, 7) is 1.42. The van der Waals surface area contributed by atoms with Gasteiger partial charge < -0.3 is 16.0 Å². The number of hydrazine groups is 1. The standard InChI is InChI=1S/C9H16ClN7O/c1-17(2)4-3-13-8-6(10)14-5(7(11)15-8)9(18)16-12/h3-4,12H2,1-2H3,(H,16,18)(H3,11,13,15). The van der Waals surface area contributed by atoms with Gasteiger partial charge in [-0.3, -0.25) is 10.2 Å². The van der Waals surface area contributed by atoms with Crippen LogP contribution < -0.4 is 22.3 Å². The molecule has 0 aliphatic rings. The number of carbonyl (C=O) groups excluding carboxylic acids is 1. The highest BCUT2D eigenvalue weighted by molar-refractivity contribution is 6.32. The zero-order chi connectivity index (χ0) is 13.7. The Balaban J connectivity index is 2.83. The van der Waals surface area contributed by atoms with E-state index in [1.165, 1.54) is 0 Å². The number of hydrogen-bond donors (Lipinski definition) is 4. The number of nitrogens with one attached hydrogen (secondary N) is 2. The molecule has 1 heterocycles. The molecule has 0 atom stereocenters. The molecular formula is C9H16ClN7O. The molecule has 0 fully saturated rings. The lowest BCUT2D eigenvalue weighted by atomic mass is 10.4. The Kier molecular flexibility index (Phi) is 5.08. The lowest BCUT2D eigenvalue weighted by Gasteiger charge is -2.12. The number of rotatable bonds is 5. The molecule has 6 N–H and O–H groups in total. The van der Waals surface area contributed by atoms with Crippen LogP contribution in [0, 0.1) is 0 Å². The van der Waals surface area contributed by atoms with Gasteiger partial charge in [-0.2, -0.15) is 0 Å². The van der Waals surface area contributed by atoms with E-state index in [4.69, 9.17) is 23.2 Å². The first-order chi connectivity index (χ1) is 8.45. The van der Waals surface area contributed by atoms with Gasteiger partial charge in [0, 0.05) is 13.1 Å². The lowest BCUT2D eigenvalue weighted by Crippen LogP contribution is -2.32. The smallest absolute Gasteiger partial charge is 0.287 e. The number of hydrogen-bond acceptors (Lipinski definition) is 7. The van der Waals surface area contributed by atoms with Gasteiger partial charge in [0.05, 0.1) is 0 Å². The van der Waals surface area contributed by atoms with Crippen molar-refractivity contribution in [2.24, 2.45) is 5.84 Å². The fourth-order valence-electron chi connectivity index (χ4n) is 1.17. The summed E-state index contributed by atoms with van der Waals surface area (Å²) in [5, 5.41) is 3.05. The van der Waals surface area contributed by atoms with Gasteiger partial charge in [-0.25, -0.2) is 15.8 Å². The third-order valence-electron chi connectivity index (χ3n) is 2.08. The van der Waals surface area contributed by atoms with Crippen LogP contribution in [0.15, 0.2) is 0 Å². The minimum atomic E-state index is -0.637. The first-order valence-corrected chi connectivity index (χ1v) is 5.56. The highest BCUT2D eigenvalue weighted by Gasteiger charge is 2.15. The van der Waals surface area contributed by atoms with Crippen LogP contribution in [0.2, 0.25) is 5.15 Å². The van der Waals surface area contributed by atoms with Crippen molar-refractivity contribution in [3.8, 4) is 0 Å². The largest absolute Gasteiger partial charge is 0.382 e. The second-order valence-corrected chi connectivity index (χ2v) is 4.16. The van der Waals surface area contributed by atoms with E-state index in [1.807, 2.05) is 24.4 Å². The summed E-state index contributed by atoms with van der Waals surface area (Å²) in [6, 6.07) is 0. The van der Waals surface area contributed by atoms with E-state index >= 15 is 0 Å². The van der Waals surface area contributed by atoms with Crippen LogP contribution >= 0.6 is 11.6 Å². The van der Waals surface area contributed by atoms with Crippen molar-refractivity contribution in [3.05, 3.63) is 10.8 Å². The summed E-state index contributed by atoms with van der Waals surface area (Å²) in [5.74, 6) is 4.66. The summed E-state index contributed by atoms with van der Waals surface area (Å²) >= 11 is 5.89. The fourth-order valence-corrected chi connectivity index (χ4v) is 1.37. The summed E-state index contributed by atoms with van der Waals surface area (Å²) in [7, 11) is 3.88. The van der Waals surface area contributed by atoms with Crippen molar-refractivity contribution in [1.29, 1.82) is 0 Å². The van der Waals surface area contributed by atoms with E-state index in [0.717, 1.165) is 6.54 Å². The van der Waals surface area contributed by atoms with E-state index in [9.17, 15) is 4.79 Å². The van der Waals surface area contributed by atoms with Gasteiger partial charge in [-0.15, -0.1) is 0 Å². The molecule has 0 saturated carbocycles. The second-order valence-electron chi connectivity index (χ2n) is 3.80. The van der Waals surface area contributed by atoms with E-state index in [0.29, 0.717) is 12.4 Å². The van der Waals surface area contributed by atoms with Gasteiger partial charge >= 0.3 is 0 Å². The SMILES string of the molecule is CN(C)CCNc1nc(N)c(C(=O)NN)nc1Cl. The molecule has 0 aliphatic heterocycles. The van der Waals surface area contributed by atoms with E-state index in [1.54, 1.807) is 0 Å². The van der Waals surface area contributed by atoms with E-state index < -0.39 is 5.91 Å². The molecule has 8 nitrogen and oxygen atoms in total. The molecule has 0 aliphatic carbocycles. The van der Waals surface area contributed by atoms with Gasteiger partial charge in [0.15, 0.2) is 22.5 Å². The van der Waals surface area contributed by atoms with Crippen molar-refractivity contribution in [2.75, 3.05) is 38.2 Å². The molecule has 18 heavy (non-hydrogen) atoms. The number of nitrogens with zero attached hydrogens (tertiary/aromatic N) is 3. The Labute approximate surface area is 110 Å². The summed E-state index contributed by atoms with van der Waals surface area (Å²) in [4.78, 5) is 21.1. The van der Waals surface area contributed by atoms with Crippen LogP contribution in [0.5, 0.6) is 0 Å². The second kappa shape index (κ2) is 6.34. The highest BCUT2D eigenvalue weighted by Crippen LogP contribution is 2.20. The van der Waals surface area contributed by atoms with Crippen LogP contribution in [-0.4, -0.2) is 48.0 Å². The Hall–Kier alpha value is -1.64. The molecule has 1 aromatic rings. The molecule has 0 radical (unpaired) electrons. The average molecular weight is 274 g/mol. The van der Waals surface area contributed by atoms with E-state index in [-0.39, 0.29) is 16.7 Å². The van der Waals surface area contributed by atoms with E-state index in [2.05, 4.69) is 15.3 Å². The van der Waals surface area contributed by atoms with Crippen LogP contribution in [0.25, 0.3) is 0 Å². The molecular weight excluding hydrogens is 258 g/mol. The molecule has 0 bridgehead atoms. The predicted octanol–water partition coefficient (Wildman–Crippen LogP) is -0.711. The van der Waals surface area contributed by atoms with Gasteiger partial charge in [-0.05, 0) is 14.1 Å². The van der Waals surface area contributed by atoms with Gasteiger partial charge in [0.1, 0.15) is 0 Å². The fraction of sp³-hybridized carbons (Fsp3) is 0.444. The first kappa shape index (κ1) is 14.4. The summed E-state index contributed by atoms with van der Waals surface area (Å²) in [5.41, 5.74) is 7.42. The Morgan fingerprint density at radius 1 is 1.44 bits per heavy atom. The van der Waals surface area contributed by atoms with Crippen molar-refractivity contribution in [1.82, 2.24) is 20.3 Å². The maximum Gasteiger partial charge on any atom is 0.287 e. The highest BCUT2D eigenvalue weighted by atomic mass is 35.5. The van der Waals surface area contributed by atoms with Crippen molar-refractivity contribution in [2.45, 2.75) is 0 Å². The third kappa shape index (κ3) is 3.69. The predicted molar refractivity (Wildman–Crippen MR) is 70.2 cm³/mol. The number of likely N-dealkylation sites (N-methyl/N-ethyl adjacent to an activating group) is 1. The maximum absolute atomic E-state index is 11.3. The molecule has 0 unspecified atom stereocenters. The molecule has 1 rings (SSSR count). The number of anilines is 2. The average Bonchev–Trinajstić information content (AvgIpc) is 2.31. The third-order valence-corrected chi connectivity index (χ3v) is 2.34. The molecule has 1 amide bonds. The lowest BCUT2D eigenvalue weighted by molar-refractivity contribution is 0.0949. The van der Waals surface area contributed by atoms with Crippen molar-refractivity contribution < 1.29 is 4.79 Å². The van der Waals surface area contributed by atoms with Crippen LogP contribution in [0.3, 0.4) is 0 Å². The monoisotopic (exact) mass is 273 g/mol. The van der Waals surface area contributed by atoms with Crippen LogP contribution in [0.4, 0.5) is 11.6 Å². The van der Waals surface area contributed by atoms with Crippen LogP contribution in [-0.2, 0) is 0 Å². The maximum atomic E-state index is 11.3. The normalized spacial score (nSPS) is 10.5. The van der Waals surface area contributed by atoms with Gasteiger partial charge in [0.2, 0.25) is 0 Å². The number of nitrogen functional groups attached to an aromatic ring is 2. The number of amides is 1. The molecule has 9 heteroatoms. The van der Waals surface area contributed by atoms with Gasteiger partial charge in [-0.1, -0.05) is 11.6 Å².